The van der Waals surface area contributed by atoms with Crippen LogP contribution >= 0.6 is 11.8 Å². The van der Waals surface area contributed by atoms with Gasteiger partial charge in [0.2, 0.25) is 0 Å². The highest BCUT2D eigenvalue weighted by Crippen LogP contribution is 2.10. The number of aliphatic carboxylic acids is 1. The highest BCUT2D eigenvalue weighted by molar-refractivity contribution is 7.99. The Labute approximate surface area is 99.2 Å². The Morgan fingerprint density at radius 1 is 1.38 bits per heavy atom. The summed E-state index contributed by atoms with van der Waals surface area (Å²) in [5, 5.41) is 17.2. The standard InChI is InChI=1S/C10H18O5S/c1-2-3-5-16-6-4-8(10(13)14)15-9(12)7-11/h8,11H,2-7H2,1H3,(H,13,14). The summed E-state index contributed by atoms with van der Waals surface area (Å²) in [6.07, 6.45) is 1.33. The SMILES string of the molecule is CCCCSCCC(OC(=O)CO)C(=O)O. The summed E-state index contributed by atoms with van der Waals surface area (Å²) in [7, 11) is 0. The van der Waals surface area contributed by atoms with E-state index in [4.69, 9.17) is 10.2 Å². The molecule has 2 N–H and O–H groups in total. The fourth-order valence-corrected chi connectivity index (χ4v) is 2.05. The van der Waals surface area contributed by atoms with Crippen LogP contribution in [0.15, 0.2) is 0 Å². The minimum absolute atomic E-state index is 0.273. The molecular formula is C10H18O5S. The number of carboxylic acid groups (broad SMARTS) is 1. The molecule has 0 aliphatic rings. The van der Waals surface area contributed by atoms with Crippen molar-refractivity contribution in [3.8, 4) is 0 Å². The number of esters is 1. The molecule has 16 heavy (non-hydrogen) atoms. The minimum Gasteiger partial charge on any atom is -0.479 e. The molecule has 0 saturated heterocycles. The van der Waals surface area contributed by atoms with E-state index in [1.165, 1.54) is 0 Å². The first-order valence-corrected chi connectivity index (χ1v) is 6.38. The summed E-state index contributed by atoms with van der Waals surface area (Å²) >= 11 is 1.64. The molecule has 0 heterocycles. The number of ether oxygens (including phenoxy) is 1. The van der Waals surface area contributed by atoms with Gasteiger partial charge >= 0.3 is 11.9 Å². The Morgan fingerprint density at radius 3 is 2.56 bits per heavy atom. The summed E-state index contributed by atoms with van der Waals surface area (Å²) in [6, 6.07) is 0. The molecule has 0 saturated carbocycles. The Morgan fingerprint density at radius 2 is 2.06 bits per heavy atom. The molecule has 5 nitrogen and oxygen atoms in total. The summed E-state index contributed by atoms with van der Waals surface area (Å²) < 4.78 is 4.57. The number of carboxylic acids is 1. The normalized spacial score (nSPS) is 12.1. The van der Waals surface area contributed by atoms with E-state index >= 15 is 0 Å². The van der Waals surface area contributed by atoms with Crippen molar-refractivity contribution in [3.05, 3.63) is 0 Å². The largest absolute Gasteiger partial charge is 0.479 e. The second-order valence-corrected chi connectivity index (χ2v) is 4.45. The maximum absolute atomic E-state index is 10.7. The van der Waals surface area contributed by atoms with Crippen LogP contribution in [0.3, 0.4) is 0 Å². The molecule has 0 aliphatic carbocycles. The van der Waals surface area contributed by atoms with Crippen molar-refractivity contribution in [2.45, 2.75) is 32.3 Å². The fraction of sp³-hybridized carbons (Fsp3) is 0.800. The van der Waals surface area contributed by atoms with Crippen molar-refractivity contribution in [3.63, 3.8) is 0 Å². The molecule has 94 valence electrons. The first kappa shape index (κ1) is 15.2. The van der Waals surface area contributed by atoms with Crippen LogP contribution in [0, 0.1) is 0 Å². The number of hydrogen-bond donors (Lipinski definition) is 2. The van der Waals surface area contributed by atoms with Crippen LogP contribution in [0.25, 0.3) is 0 Å². The summed E-state index contributed by atoms with van der Waals surface area (Å²) in [5.41, 5.74) is 0. The number of hydrogen-bond acceptors (Lipinski definition) is 5. The van der Waals surface area contributed by atoms with E-state index in [0.717, 1.165) is 18.6 Å². The smallest absolute Gasteiger partial charge is 0.345 e. The number of aliphatic hydroxyl groups excluding tert-OH is 1. The van der Waals surface area contributed by atoms with Gasteiger partial charge in [-0.1, -0.05) is 13.3 Å². The van der Waals surface area contributed by atoms with Crippen LogP contribution in [0.4, 0.5) is 0 Å². The van der Waals surface area contributed by atoms with Crippen molar-refractivity contribution >= 4 is 23.7 Å². The molecule has 0 amide bonds. The van der Waals surface area contributed by atoms with Crippen LogP contribution in [-0.2, 0) is 14.3 Å². The zero-order chi connectivity index (χ0) is 12.4. The summed E-state index contributed by atoms with van der Waals surface area (Å²) in [5.74, 6) is -0.448. The fourth-order valence-electron chi connectivity index (χ4n) is 0.968. The molecule has 6 heteroatoms. The van der Waals surface area contributed by atoms with Crippen molar-refractivity contribution in [1.82, 2.24) is 0 Å². The van der Waals surface area contributed by atoms with Gasteiger partial charge in [-0.05, 0) is 17.9 Å². The van der Waals surface area contributed by atoms with Gasteiger partial charge < -0.3 is 14.9 Å². The lowest BCUT2D eigenvalue weighted by molar-refractivity contribution is -0.165. The Hall–Kier alpha value is -0.750. The second-order valence-electron chi connectivity index (χ2n) is 3.23. The van der Waals surface area contributed by atoms with Gasteiger partial charge in [-0.3, -0.25) is 0 Å². The first-order valence-electron chi connectivity index (χ1n) is 5.22. The van der Waals surface area contributed by atoms with E-state index in [-0.39, 0.29) is 6.42 Å². The van der Waals surface area contributed by atoms with Gasteiger partial charge in [0.15, 0.2) is 6.10 Å². The molecular weight excluding hydrogens is 232 g/mol. The molecule has 1 atom stereocenters. The molecule has 0 rings (SSSR count). The topological polar surface area (TPSA) is 83.8 Å². The molecule has 0 aromatic heterocycles. The molecule has 0 aromatic rings. The van der Waals surface area contributed by atoms with Crippen LogP contribution in [0.5, 0.6) is 0 Å². The number of carbonyl (C=O) groups is 2. The predicted molar refractivity (Wildman–Crippen MR) is 61.5 cm³/mol. The maximum atomic E-state index is 10.7. The van der Waals surface area contributed by atoms with Gasteiger partial charge in [-0.25, -0.2) is 9.59 Å². The quantitative estimate of drug-likeness (QED) is 0.467. The van der Waals surface area contributed by atoms with Crippen molar-refractivity contribution in [1.29, 1.82) is 0 Å². The maximum Gasteiger partial charge on any atom is 0.345 e. The second kappa shape index (κ2) is 9.47. The van der Waals surface area contributed by atoms with Crippen LogP contribution in [-0.4, -0.2) is 46.4 Å². The van der Waals surface area contributed by atoms with Gasteiger partial charge in [0.1, 0.15) is 6.61 Å². The van der Waals surface area contributed by atoms with E-state index in [0.29, 0.717) is 5.75 Å². The highest BCUT2D eigenvalue weighted by atomic mass is 32.2. The zero-order valence-electron chi connectivity index (χ0n) is 9.35. The highest BCUT2D eigenvalue weighted by Gasteiger charge is 2.21. The van der Waals surface area contributed by atoms with Gasteiger partial charge in [0.25, 0.3) is 0 Å². The number of thioether (sulfide) groups is 1. The summed E-state index contributed by atoms with van der Waals surface area (Å²) in [6.45, 7) is 1.30. The van der Waals surface area contributed by atoms with Crippen LogP contribution < -0.4 is 0 Å². The van der Waals surface area contributed by atoms with Gasteiger partial charge in [-0.2, -0.15) is 11.8 Å². The number of aliphatic hydroxyl groups is 1. The van der Waals surface area contributed by atoms with Crippen molar-refractivity contribution < 1.29 is 24.5 Å². The number of carbonyl (C=O) groups excluding carboxylic acids is 1. The minimum atomic E-state index is -1.17. The Balaban J connectivity index is 3.77. The van der Waals surface area contributed by atoms with Gasteiger partial charge in [0.05, 0.1) is 0 Å². The predicted octanol–water partition coefficient (Wildman–Crippen LogP) is 0.898. The molecule has 0 spiro atoms. The van der Waals surface area contributed by atoms with Gasteiger partial charge in [-0.15, -0.1) is 0 Å². The van der Waals surface area contributed by atoms with E-state index < -0.39 is 24.6 Å². The first-order chi connectivity index (χ1) is 7.61. The third kappa shape index (κ3) is 7.53. The summed E-state index contributed by atoms with van der Waals surface area (Å²) in [4.78, 5) is 21.4. The van der Waals surface area contributed by atoms with E-state index in [1.54, 1.807) is 11.8 Å². The van der Waals surface area contributed by atoms with Gasteiger partial charge in [0, 0.05) is 6.42 Å². The van der Waals surface area contributed by atoms with E-state index in [1.807, 2.05) is 0 Å². The number of rotatable bonds is 9. The molecule has 0 fully saturated rings. The Bertz CT molecular complexity index is 219. The lowest BCUT2D eigenvalue weighted by Gasteiger charge is -2.12. The molecule has 1 unspecified atom stereocenters. The van der Waals surface area contributed by atoms with Crippen LogP contribution in [0.2, 0.25) is 0 Å². The average molecular weight is 250 g/mol. The molecule has 0 aromatic carbocycles. The van der Waals surface area contributed by atoms with Crippen molar-refractivity contribution in [2.75, 3.05) is 18.1 Å². The molecule has 0 aliphatic heterocycles. The Kier molecular flexibility index (Phi) is 9.03. The lowest BCUT2D eigenvalue weighted by Crippen LogP contribution is -2.28. The average Bonchev–Trinajstić information content (AvgIpc) is 2.26. The lowest BCUT2D eigenvalue weighted by atomic mass is 10.3. The molecule has 0 bridgehead atoms. The number of unbranched alkanes of at least 4 members (excludes halogenated alkanes) is 1. The van der Waals surface area contributed by atoms with E-state index in [9.17, 15) is 9.59 Å². The van der Waals surface area contributed by atoms with Crippen molar-refractivity contribution in [2.24, 2.45) is 0 Å². The monoisotopic (exact) mass is 250 g/mol. The third-order valence-corrected chi connectivity index (χ3v) is 2.95. The zero-order valence-corrected chi connectivity index (χ0v) is 10.2. The van der Waals surface area contributed by atoms with E-state index in [2.05, 4.69) is 11.7 Å². The molecule has 0 radical (unpaired) electrons. The van der Waals surface area contributed by atoms with Crippen LogP contribution in [0.1, 0.15) is 26.2 Å². The third-order valence-electron chi connectivity index (χ3n) is 1.84.